The molecule has 124 valence electrons. The average molecular weight is 330 g/mol. The van der Waals surface area contributed by atoms with Gasteiger partial charge in [-0.2, -0.15) is 14.6 Å². The number of imidazole rings is 1. The maximum Gasteiger partial charge on any atom is 0.239 e. The minimum Gasteiger partial charge on any atom is -0.378 e. The standard InChI is InChI=1S/C19H18N6/c1-23(2)16-8-10-17(11-9-16)24-13-18(25-19(24)21-14-22-25)20-12-15-6-4-3-5-7-15/h3-14H,1-2H3/b20-12+. The first-order valence-corrected chi connectivity index (χ1v) is 8.00. The first-order chi connectivity index (χ1) is 12.2. The van der Waals surface area contributed by atoms with Crippen molar-refractivity contribution in [2.75, 3.05) is 19.0 Å². The van der Waals surface area contributed by atoms with Gasteiger partial charge in [-0.3, -0.25) is 4.57 Å². The number of aromatic nitrogens is 4. The van der Waals surface area contributed by atoms with Gasteiger partial charge in [-0.05, 0) is 29.8 Å². The van der Waals surface area contributed by atoms with E-state index in [1.54, 1.807) is 10.8 Å². The zero-order chi connectivity index (χ0) is 17.2. The summed E-state index contributed by atoms with van der Waals surface area (Å²) in [6, 6.07) is 18.3. The second-order valence-electron chi connectivity index (χ2n) is 5.91. The van der Waals surface area contributed by atoms with Crippen molar-refractivity contribution in [3.8, 4) is 5.69 Å². The van der Waals surface area contributed by atoms with Crippen molar-refractivity contribution in [2.45, 2.75) is 0 Å². The highest BCUT2D eigenvalue weighted by Gasteiger charge is 2.11. The molecule has 0 saturated heterocycles. The summed E-state index contributed by atoms with van der Waals surface area (Å²) in [6.45, 7) is 0. The van der Waals surface area contributed by atoms with Crippen molar-refractivity contribution >= 4 is 23.5 Å². The van der Waals surface area contributed by atoms with Gasteiger partial charge in [-0.15, -0.1) is 0 Å². The highest BCUT2D eigenvalue weighted by Crippen LogP contribution is 2.22. The zero-order valence-corrected chi connectivity index (χ0v) is 14.1. The van der Waals surface area contributed by atoms with E-state index in [0.717, 1.165) is 28.5 Å². The van der Waals surface area contributed by atoms with Crippen LogP contribution in [0.15, 0.2) is 72.1 Å². The van der Waals surface area contributed by atoms with Gasteiger partial charge in [0.15, 0.2) is 5.82 Å². The van der Waals surface area contributed by atoms with Crippen molar-refractivity contribution in [3.05, 3.63) is 72.7 Å². The van der Waals surface area contributed by atoms with Gasteiger partial charge < -0.3 is 4.90 Å². The predicted octanol–water partition coefficient (Wildman–Crippen LogP) is 3.34. The summed E-state index contributed by atoms with van der Waals surface area (Å²) >= 11 is 0. The van der Waals surface area contributed by atoms with Gasteiger partial charge in [0, 0.05) is 31.7 Å². The Kier molecular flexibility index (Phi) is 3.78. The molecule has 0 N–H and O–H groups in total. The zero-order valence-electron chi connectivity index (χ0n) is 14.1. The molecule has 0 atom stereocenters. The van der Waals surface area contributed by atoms with E-state index in [2.05, 4.69) is 44.2 Å². The third kappa shape index (κ3) is 2.89. The van der Waals surface area contributed by atoms with Crippen LogP contribution in [-0.4, -0.2) is 39.5 Å². The summed E-state index contributed by atoms with van der Waals surface area (Å²) in [5, 5.41) is 4.29. The van der Waals surface area contributed by atoms with Crippen molar-refractivity contribution in [2.24, 2.45) is 4.99 Å². The molecule has 0 radical (unpaired) electrons. The van der Waals surface area contributed by atoms with Gasteiger partial charge >= 0.3 is 0 Å². The van der Waals surface area contributed by atoms with Crippen LogP contribution in [-0.2, 0) is 0 Å². The summed E-state index contributed by atoms with van der Waals surface area (Å²) in [5.74, 6) is 1.46. The fourth-order valence-corrected chi connectivity index (χ4v) is 2.66. The van der Waals surface area contributed by atoms with E-state index in [9.17, 15) is 0 Å². The van der Waals surface area contributed by atoms with Gasteiger partial charge in [0.2, 0.25) is 5.78 Å². The van der Waals surface area contributed by atoms with Gasteiger partial charge in [0.1, 0.15) is 6.33 Å². The fourth-order valence-electron chi connectivity index (χ4n) is 2.66. The summed E-state index contributed by atoms with van der Waals surface area (Å²) in [4.78, 5) is 11.0. The minimum atomic E-state index is 0.730. The quantitative estimate of drug-likeness (QED) is 0.539. The number of hydrogen-bond donors (Lipinski definition) is 0. The van der Waals surface area contributed by atoms with Crippen LogP contribution in [0.25, 0.3) is 11.5 Å². The summed E-state index contributed by atoms with van der Waals surface area (Å²) < 4.78 is 3.73. The number of benzene rings is 2. The Morgan fingerprint density at radius 2 is 1.76 bits per heavy atom. The molecule has 0 unspecified atom stereocenters. The third-order valence-corrected chi connectivity index (χ3v) is 4.00. The Labute approximate surface area is 145 Å². The molecular formula is C19H18N6. The second-order valence-corrected chi connectivity index (χ2v) is 5.91. The molecule has 4 rings (SSSR count). The molecule has 6 nitrogen and oxygen atoms in total. The van der Waals surface area contributed by atoms with Crippen LogP contribution in [0.2, 0.25) is 0 Å². The lowest BCUT2D eigenvalue weighted by Gasteiger charge is -2.12. The van der Waals surface area contributed by atoms with Gasteiger partial charge in [0.05, 0.1) is 6.20 Å². The molecule has 0 aliphatic heterocycles. The molecule has 0 fully saturated rings. The van der Waals surface area contributed by atoms with Crippen molar-refractivity contribution in [1.29, 1.82) is 0 Å². The van der Waals surface area contributed by atoms with E-state index in [1.165, 1.54) is 0 Å². The Morgan fingerprint density at radius 3 is 2.48 bits per heavy atom. The normalized spacial score (nSPS) is 11.4. The smallest absolute Gasteiger partial charge is 0.239 e. The number of fused-ring (bicyclic) bond motifs is 1. The van der Waals surface area contributed by atoms with Crippen molar-refractivity contribution in [3.63, 3.8) is 0 Å². The molecule has 0 aliphatic carbocycles. The van der Waals surface area contributed by atoms with Crippen LogP contribution >= 0.6 is 0 Å². The van der Waals surface area contributed by atoms with Crippen LogP contribution in [0.1, 0.15) is 5.56 Å². The molecule has 25 heavy (non-hydrogen) atoms. The Balaban J connectivity index is 1.74. The van der Waals surface area contributed by atoms with Gasteiger partial charge in [-0.1, -0.05) is 30.3 Å². The number of aliphatic imine (C=N–C) groups is 1. The van der Waals surface area contributed by atoms with Crippen LogP contribution in [0.4, 0.5) is 11.5 Å². The summed E-state index contributed by atoms with van der Waals surface area (Å²) in [7, 11) is 4.05. The first kappa shape index (κ1) is 15.1. The Bertz CT molecular complexity index is 1010. The van der Waals surface area contributed by atoms with Crippen LogP contribution in [0, 0.1) is 0 Å². The Hall–Kier alpha value is -3.41. The van der Waals surface area contributed by atoms with E-state index in [-0.39, 0.29) is 0 Å². The SMILES string of the molecule is CN(C)c1ccc(-n2cc(/N=C/c3ccccc3)n3ncnc23)cc1. The summed E-state index contributed by atoms with van der Waals surface area (Å²) in [5.41, 5.74) is 3.21. The van der Waals surface area contributed by atoms with E-state index in [4.69, 9.17) is 0 Å². The first-order valence-electron chi connectivity index (χ1n) is 8.00. The van der Waals surface area contributed by atoms with E-state index >= 15 is 0 Å². The average Bonchev–Trinajstić information content (AvgIpc) is 3.24. The highest BCUT2D eigenvalue weighted by atomic mass is 15.4. The molecule has 0 bridgehead atoms. The monoisotopic (exact) mass is 330 g/mol. The Morgan fingerprint density at radius 1 is 1.00 bits per heavy atom. The highest BCUT2D eigenvalue weighted by molar-refractivity contribution is 5.81. The van der Waals surface area contributed by atoms with E-state index < -0.39 is 0 Å². The van der Waals surface area contributed by atoms with Gasteiger partial charge in [-0.25, -0.2) is 4.99 Å². The van der Waals surface area contributed by atoms with Crippen molar-refractivity contribution < 1.29 is 0 Å². The molecule has 2 heterocycles. The van der Waals surface area contributed by atoms with Crippen LogP contribution in [0.3, 0.4) is 0 Å². The van der Waals surface area contributed by atoms with E-state index in [0.29, 0.717) is 0 Å². The molecule has 2 aromatic heterocycles. The lowest BCUT2D eigenvalue weighted by molar-refractivity contribution is 0.963. The van der Waals surface area contributed by atoms with Crippen molar-refractivity contribution in [1.82, 2.24) is 19.2 Å². The molecule has 2 aromatic carbocycles. The van der Waals surface area contributed by atoms with Crippen LogP contribution in [0.5, 0.6) is 0 Å². The lowest BCUT2D eigenvalue weighted by Crippen LogP contribution is -2.08. The fraction of sp³-hybridized carbons (Fsp3) is 0.105. The number of hydrogen-bond acceptors (Lipinski definition) is 4. The molecular weight excluding hydrogens is 312 g/mol. The summed E-state index contributed by atoms with van der Waals surface area (Å²) in [6.07, 6.45) is 5.32. The van der Waals surface area contributed by atoms with E-state index in [1.807, 2.05) is 61.4 Å². The second kappa shape index (κ2) is 6.24. The molecule has 0 spiro atoms. The number of nitrogens with zero attached hydrogens (tertiary/aromatic N) is 6. The molecule has 4 aromatic rings. The van der Waals surface area contributed by atoms with Gasteiger partial charge in [0.25, 0.3) is 0 Å². The number of anilines is 1. The lowest BCUT2D eigenvalue weighted by atomic mass is 10.2. The number of rotatable bonds is 4. The molecule has 6 heteroatoms. The topological polar surface area (TPSA) is 50.7 Å². The predicted molar refractivity (Wildman–Crippen MR) is 100 cm³/mol. The van der Waals surface area contributed by atoms with Crippen LogP contribution < -0.4 is 4.90 Å². The maximum atomic E-state index is 4.58. The molecule has 0 saturated carbocycles. The third-order valence-electron chi connectivity index (χ3n) is 4.00. The largest absolute Gasteiger partial charge is 0.378 e. The minimum absolute atomic E-state index is 0.730. The maximum absolute atomic E-state index is 4.58. The molecule has 0 amide bonds. The molecule has 0 aliphatic rings.